The van der Waals surface area contributed by atoms with Crippen LogP contribution < -0.4 is 4.74 Å². The molecule has 1 fully saturated rings. The second-order valence-corrected chi connectivity index (χ2v) is 7.21. The molecule has 144 valence electrons. The van der Waals surface area contributed by atoms with Gasteiger partial charge in [-0.15, -0.1) is 0 Å². The Labute approximate surface area is 162 Å². The van der Waals surface area contributed by atoms with Gasteiger partial charge in [-0.3, -0.25) is 9.69 Å². The molecule has 0 spiro atoms. The number of rotatable bonds is 7. The van der Waals surface area contributed by atoms with Crippen LogP contribution in [0.5, 0.6) is 5.75 Å². The van der Waals surface area contributed by atoms with Crippen LogP contribution in [0.3, 0.4) is 0 Å². The highest BCUT2D eigenvalue weighted by molar-refractivity contribution is 5.77. The van der Waals surface area contributed by atoms with Gasteiger partial charge < -0.3 is 9.64 Å². The Kier molecular flexibility index (Phi) is 6.88. The van der Waals surface area contributed by atoms with Crippen LogP contribution in [-0.2, 0) is 11.3 Å². The van der Waals surface area contributed by atoms with E-state index in [1.165, 1.54) is 11.1 Å². The van der Waals surface area contributed by atoms with Crippen molar-refractivity contribution >= 4 is 5.91 Å². The SMILES string of the molecule is CCOc1ccccc1CN1CCN(C(=O)CC(C)c2ccccc2)CC1. The first kappa shape index (κ1) is 19.4. The Morgan fingerprint density at radius 2 is 1.67 bits per heavy atom. The lowest BCUT2D eigenvalue weighted by Gasteiger charge is -2.35. The van der Waals surface area contributed by atoms with Crippen molar-refractivity contribution in [1.29, 1.82) is 0 Å². The molecular formula is C23H30N2O2. The number of ether oxygens (including phenoxy) is 1. The molecule has 1 amide bonds. The van der Waals surface area contributed by atoms with Crippen LogP contribution in [0.2, 0.25) is 0 Å². The molecule has 1 atom stereocenters. The number of benzene rings is 2. The van der Waals surface area contributed by atoms with E-state index >= 15 is 0 Å². The summed E-state index contributed by atoms with van der Waals surface area (Å²) in [4.78, 5) is 17.1. The van der Waals surface area contributed by atoms with Gasteiger partial charge in [-0.05, 0) is 24.5 Å². The molecule has 27 heavy (non-hydrogen) atoms. The van der Waals surface area contributed by atoms with Crippen LogP contribution in [0.1, 0.15) is 37.3 Å². The molecule has 0 saturated carbocycles. The van der Waals surface area contributed by atoms with E-state index in [1.54, 1.807) is 0 Å². The van der Waals surface area contributed by atoms with Gasteiger partial charge in [0.25, 0.3) is 0 Å². The first-order chi connectivity index (χ1) is 13.2. The van der Waals surface area contributed by atoms with Gasteiger partial charge in [0.05, 0.1) is 6.61 Å². The van der Waals surface area contributed by atoms with Crippen LogP contribution in [0.15, 0.2) is 54.6 Å². The summed E-state index contributed by atoms with van der Waals surface area (Å²) in [6.07, 6.45) is 0.581. The molecule has 1 unspecified atom stereocenters. The number of carbonyl (C=O) groups excluding carboxylic acids is 1. The lowest BCUT2D eigenvalue weighted by Crippen LogP contribution is -2.48. The van der Waals surface area contributed by atoms with Crippen LogP contribution in [-0.4, -0.2) is 48.5 Å². The maximum Gasteiger partial charge on any atom is 0.223 e. The fourth-order valence-corrected chi connectivity index (χ4v) is 3.62. The summed E-state index contributed by atoms with van der Waals surface area (Å²) < 4.78 is 5.73. The zero-order valence-corrected chi connectivity index (χ0v) is 16.4. The molecule has 4 heteroatoms. The lowest BCUT2D eigenvalue weighted by molar-refractivity contribution is -0.133. The van der Waals surface area contributed by atoms with E-state index in [0.717, 1.165) is 38.5 Å². The molecule has 2 aromatic carbocycles. The van der Waals surface area contributed by atoms with Gasteiger partial charge in [0, 0.05) is 44.7 Å². The molecule has 1 heterocycles. The summed E-state index contributed by atoms with van der Waals surface area (Å²) in [7, 11) is 0. The summed E-state index contributed by atoms with van der Waals surface area (Å²) in [5, 5.41) is 0. The number of hydrogen-bond acceptors (Lipinski definition) is 3. The van der Waals surface area contributed by atoms with Crippen LogP contribution >= 0.6 is 0 Å². The van der Waals surface area contributed by atoms with Crippen LogP contribution in [0.4, 0.5) is 0 Å². The number of amides is 1. The monoisotopic (exact) mass is 366 g/mol. The number of para-hydroxylation sites is 1. The fourth-order valence-electron chi connectivity index (χ4n) is 3.62. The molecule has 0 N–H and O–H groups in total. The quantitative estimate of drug-likeness (QED) is 0.744. The third-order valence-electron chi connectivity index (χ3n) is 5.24. The predicted molar refractivity (Wildman–Crippen MR) is 109 cm³/mol. The first-order valence-electron chi connectivity index (χ1n) is 9.93. The molecular weight excluding hydrogens is 336 g/mol. The van der Waals surface area contributed by atoms with Crippen molar-refractivity contribution in [2.45, 2.75) is 32.7 Å². The van der Waals surface area contributed by atoms with E-state index in [2.05, 4.69) is 36.1 Å². The summed E-state index contributed by atoms with van der Waals surface area (Å²) in [5.41, 5.74) is 2.45. The fraction of sp³-hybridized carbons (Fsp3) is 0.435. The van der Waals surface area contributed by atoms with Crippen molar-refractivity contribution in [3.63, 3.8) is 0 Å². The minimum Gasteiger partial charge on any atom is -0.494 e. The average Bonchev–Trinajstić information content (AvgIpc) is 2.71. The van der Waals surface area contributed by atoms with Crippen molar-refractivity contribution in [1.82, 2.24) is 9.80 Å². The van der Waals surface area contributed by atoms with Gasteiger partial charge in [0.1, 0.15) is 5.75 Å². The van der Waals surface area contributed by atoms with Crippen LogP contribution in [0, 0.1) is 0 Å². The molecule has 3 rings (SSSR count). The smallest absolute Gasteiger partial charge is 0.223 e. The molecule has 0 radical (unpaired) electrons. The number of hydrogen-bond donors (Lipinski definition) is 0. The van der Waals surface area contributed by atoms with Gasteiger partial charge in [-0.25, -0.2) is 0 Å². The van der Waals surface area contributed by atoms with E-state index in [-0.39, 0.29) is 11.8 Å². The summed E-state index contributed by atoms with van der Waals surface area (Å²) in [6.45, 7) is 9.12. The zero-order valence-electron chi connectivity index (χ0n) is 16.4. The van der Waals surface area contributed by atoms with E-state index in [9.17, 15) is 4.79 Å². The Balaban J connectivity index is 1.49. The molecule has 4 nitrogen and oxygen atoms in total. The maximum atomic E-state index is 12.7. The lowest BCUT2D eigenvalue weighted by atomic mass is 9.97. The Hall–Kier alpha value is -2.33. The van der Waals surface area contributed by atoms with Gasteiger partial charge in [0.15, 0.2) is 0 Å². The molecule has 1 aliphatic rings. The number of carbonyl (C=O) groups is 1. The highest BCUT2D eigenvalue weighted by atomic mass is 16.5. The largest absolute Gasteiger partial charge is 0.494 e. The van der Waals surface area contributed by atoms with Gasteiger partial charge >= 0.3 is 0 Å². The van der Waals surface area contributed by atoms with Crippen molar-refractivity contribution in [2.75, 3.05) is 32.8 Å². The first-order valence-corrected chi connectivity index (χ1v) is 9.93. The Morgan fingerprint density at radius 3 is 2.37 bits per heavy atom. The van der Waals surface area contributed by atoms with Crippen molar-refractivity contribution < 1.29 is 9.53 Å². The minimum atomic E-state index is 0.259. The summed E-state index contributed by atoms with van der Waals surface area (Å²) in [6, 6.07) is 18.5. The summed E-state index contributed by atoms with van der Waals surface area (Å²) >= 11 is 0. The third-order valence-corrected chi connectivity index (χ3v) is 5.24. The highest BCUT2D eigenvalue weighted by Gasteiger charge is 2.23. The van der Waals surface area contributed by atoms with Gasteiger partial charge in [-0.1, -0.05) is 55.5 Å². The molecule has 0 aliphatic carbocycles. The van der Waals surface area contributed by atoms with E-state index in [4.69, 9.17) is 4.74 Å². The minimum absolute atomic E-state index is 0.259. The highest BCUT2D eigenvalue weighted by Crippen LogP contribution is 2.22. The van der Waals surface area contributed by atoms with Gasteiger partial charge in [0.2, 0.25) is 5.91 Å². The van der Waals surface area contributed by atoms with E-state index in [1.807, 2.05) is 42.2 Å². The Bertz CT molecular complexity index is 724. The second-order valence-electron chi connectivity index (χ2n) is 7.21. The summed E-state index contributed by atoms with van der Waals surface area (Å²) in [5.74, 6) is 1.49. The molecule has 2 aromatic rings. The predicted octanol–water partition coefficient (Wildman–Crippen LogP) is 3.92. The van der Waals surface area contributed by atoms with Crippen LogP contribution in [0.25, 0.3) is 0 Å². The molecule has 1 saturated heterocycles. The van der Waals surface area contributed by atoms with Crippen molar-refractivity contribution in [3.8, 4) is 5.75 Å². The van der Waals surface area contributed by atoms with Crippen molar-refractivity contribution in [3.05, 3.63) is 65.7 Å². The molecule has 0 bridgehead atoms. The normalized spacial score (nSPS) is 16.1. The molecule has 1 aliphatic heterocycles. The van der Waals surface area contributed by atoms with Crippen molar-refractivity contribution in [2.24, 2.45) is 0 Å². The van der Waals surface area contributed by atoms with Gasteiger partial charge in [-0.2, -0.15) is 0 Å². The topological polar surface area (TPSA) is 32.8 Å². The average molecular weight is 367 g/mol. The Morgan fingerprint density at radius 1 is 1.00 bits per heavy atom. The number of nitrogens with zero attached hydrogens (tertiary/aromatic N) is 2. The zero-order chi connectivity index (χ0) is 19.1. The van der Waals surface area contributed by atoms with E-state index < -0.39 is 0 Å². The number of piperazine rings is 1. The standard InChI is InChI=1S/C23H30N2O2/c1-3-27-22-12-8-7-11-21(22)18-24-13-15-25(16-14-24)23(26)17-19(2)20-9-5-4-6-10-20/h4-12,19H,3,13-18H2,1-2H3. The second kappa shape index (κ2) is 9.56. The third kappa shape index (κ3) is 5.33. The van der Waals surface area contributed by atoms with E-state index in [0.29, 0.717) is 13.0 Å². The molecule has 0 aromatic heterocycles. The maximum absolute atomic E-state index is 12.7.